The van der Waals surface area contributed by atoms with E-state index in [-0.39, 0.29) is 8.41 Å². The first-order valence-corrected chi connectivity index (χ1v) is 7.99. The molecule has 0 radical (unpaired) electrons. The van der Waals surface area contributed by atoms with E-state index in [1.807, 2.05) is 24.3 Å². The monoisotopic (exact) mass is 321 g/mol. The third-order valence-corrected chi connectivity index (χ3v) is 4.71. The SMILES string of the molecule is B.COCCOc1ccc(OCC2(O)CN3CCC2CC3)cc1. The summed E-state index contributed by atoms with van der Waals surface area (Å²) in [6, 6.07) is 7.52. The molecule has 4 rings (SSSR count). The van der Waals surface area contributed by atoms with Gasteiger partial charge < -0.3 is 24.2 Å². The van der Waals surface area contributed by atoms with Gasteiger partial charge in [-0.3, -0.25) is 0 Å². The highest BCUT2D eigenvalue weighted by atomic mass is 16.5. The summed E-state index contributed by atoms with van der Waals surface area (Å²) >= 11 is 0. The summed E-state index contributed by atoms with van der Waals surface area (Å²) in [7, 11) is 1.65. The van der Waals surface area contributed by atoms with Gasteiger partial charge in [0.1, 0.15) is 30.3 Å². The van der Waals surface area contributed by atoms with Gasteiger partial charge >= 0.3 is 0 Å². The van der Waals surface area contributed by atoms with Crippen LogP contribution < -0.4 is 9.47 Å². The average Bonchev–Trinajstić information content (AvgIpc) is 2.55. The molecule has 3 saturated heterocycles. The summed E-state index contributed by atoms with van der Waals surface area (Å²) in [5, 5.41) is 10.8. The third kappa shape index (κ3) is 4.40. The summed E-state index contributed by atoms with van der Waals surface area (Å²) < 4.78 is 16.3. The van der Waals surface area contributed by atoms with Crippen LogP contribution in [0, 0.1) is 5.92 Å². The van der Waals surface area contributed by atoms with Crippen LogP contribution in [-0.2, 0) is 4.74 Å². The number of rotatable bonds is 7. The highest BCUT2D eigenvalue weighted by Gasteiger charge is 2.45. The highest BCUT2D eigenvalue weighted by Crippen LogP contribution is 2.36. The van der Waals surface area contributed by atoms with Gasteiger partial charge in [0.2, 0.25) is 0 Å². The van der Waals surface area contributed by atoms with Crippen molar-refractivity contribution >= 4 is 8.41 Å². The lowest BCUT2D eigenvalue weighted by atomic mass is 9.76. The van der Waals surface area contributed by atoms with Gasteiger partial charge in [0, 0.05) is 13.7 Å². The molecular weight excluding hydrogens is 293 g/mol. The van der Waals surface area contributed by atoms with E-state index in [0.29, 0.717) is 25.7 Å². The Morgan fingerprint density at radius 1 is 1.09 bits per heavy atom. The van der Waals surface area contributed by atoms with Crippen molar-refractivity contribution in [1.29, 1.82) is 0 Å². The third-order valence-electron chi connectivity index (χ3n) is 4.71. The molecule has 23 heavy (non-hydrogen) atoms. The van der Waals surface area contributed by atoms with Crippen LogP contribution in [0.25, 0.3) is 0 Å². The second-order valence-corrected chi connectivity index (χ2v) is 6.26. The van der Waals surface area contributed by atoms with E-state index in [9.17, 15) is 5.11 Å². The molecule has 0 aromatic heterocycles. The quantitative estimate of drug-likeness (QED) is 0.581. The number of hydrogen-bond acceptors (Lipinski definition) is 5. The van der Waals surface area contributed by atoms with E-state index in [0.717, 1.165) is 44.0 Å². The van der Waals surface area contributed by atoms with E-state index in [2.05, 4.69) is 4.90 Å². The lowest BCUT2D eigenvalue weighted by Gasteiger charge is -2.49. The van der Waals surface area contributed by atoms with Gasteiger partial charge in [0.15, 0.2) is 0 Å². The first kappa shape index (κ1) is 18.1. The second kappa shape index (κ2) is 8.04. The molecule has 1 atom stereocenters. The maximum atomic E-state index is 10.8. The van der Waals surface area contributed by atoms with Gasteiger partial charge in [0.05, 0.1) is 15.0 Å². The molecule has 3 heterocycles. The standard InChI is InChI=1S/C17H25NO4.BH3/c1-20-10-11-21-15-2-4-16(5-3-15)22-13-17(19)12-18-8-6-14(17)7-9-18;/h2-5,14,19H,6-13H2,1H3;1H3. The molecule has 1 unspecified atom stereocenters. The van der Waals surface area contributed by atoms with Crippen LogP contribution in [0.1, 0.15) is 12.8 Å². The summed E-state index contributed by atoms with van der Waals surface area (Å²) in [6.45, 7) is 4.42. The van der Waals surface area contributed by atoms with E-state index < -0.39 is 5.60 Å². The first-order valence-electron chi connectivity index (χ1n) is 7.99. The minimum Gasteiger partial charge on any atom is -0.491 e. The van der Waals surface area contributed by atoms with Crippen molar-refractivity contribution in [3.63, 3.8) is 0 Å². The summed E-state index contributed by atoms with van der Waals surface area (Å²) in [4.78, 5) is 2.33. The predicted octanol–water partition coefficient (Wildman–Crippen LogP) is 0.363. The first-order chi connectivity index (χ1) is 10.7. The number of fused-ring (bicyclic) bond motifs is 3. The summed E-state index contributed by atoms with van der Waals surface area (Å²) in [5.41, 5.74) is -0.704. The van der Waals surface area contributed by atoms with Gasteiger partial charge in [-0.1, -0.05) is 0 Å². The number of methoxy groups -OCH3 is 1. The minimum absolute atomic E-state index is 0. The molecule has 1 N–H and O–H groups in total. The fraction of sp³-hybridized carbons (Fsp3) is 0.647. The molecule has 128 valence electrons. The molecular formula is C17H28BNO4. The van der Waals surface area contributed by atoms with E-state index in [4.69, 9.17) is 14.2 Å². The van der Waals surface area contributed by atoms with Crippen LogP contribution in [0.3, 0.4) is 0 Å². The largest absolute Gasteiger partial charge is 0.491 e. The van der Waals surface area contributed by atoms with Crippen molar-refractivity contribution in [3.05, 3.63) is 24.3 Å². The molecule has 5 nitrogen and oxygen atoms in total. The Balaban J connectivity index is 0.00000192. The number of benzene rings is 1. The summed E-state index contributed by atoms with van der Waals surface area (Å²) in [5.74, 6) is 1.93. The number of aliphatic hydroxyl groups is 1. The Hall–Kier alpha value is -1.24. The fourth-order valence-electron chi connectivity index (χ4n) is 3.39. The van der Waals surface area contributed by atoms with Crippen LogP contribution in [-0.4, -0.2) is 70.6 Å². The van der Waals surface area contributed by atoms with Crippen molar-refractivity contribution < 1.29 is 19.3 Å². The molecule has 3 fully saturated rings. The number of ether oxygens (including phenoxy) is 3. The molecule has 6 heteroatoms. The Kier molecular flexibility index (Phi) is 6.33. The number of nitrogens with zero attached hydrogens (tertiary/aromatic N) is 1. The van der Waals surface area contributed by atoms with Crippen LogP contribution in [0.2, 0.25) is 0 Å². The van der Waals surface area contributed by atoms with Crippen LogP contribution in [0.4, 0.5) is 0 Å². The van der Waals surface area contributed by atoms with Crippen molar-refractivity contribution in [3.8, 4) is 11.5 Å². The smallest absolute Gasteiger partial charge is 0.119 e. The van der Waals surface area contributed by atoms with Gasteiger partial charge in [-0.2, -0.15) is 0 Å². The Bertz CT molecular complexity index is 476. The molecule has 2 bridgehead atoms. The maximum Gasteiger partial charge on any atom is 0.119 e. The van der Waals surface area contributed by atoms with E-state index in [1.165, 1.54) is 0 Å². The van der Waals surface area contributed by atoms with Crippen LogP contribution in [0.5, 0.6) is 11.5 Å². The molecule has 0 saturated carbocycles. The van der Waals surface area contributed by atoms with Gasteiger partial charge in [-0.25, -0.2) is 0 Å². The van der Waals surface area contributed by atoms with Crippen molar-refractivity contribution in [2.45, 2.75) is 18.4 Å². The van der Waals surface area contributed by atoms with Gasteiger partial charge in [0.25, 0.3) is 0 Å². The van der Waals surface area contributed by atoms with Gasteiger partial charge in [-0.05, 0) is 56.1 Å². The predicted molar refractivity (Wildman–Crippen MR) is 93.4 cm³/mol. The molecule has 1 aromatic carbocycles. The maximum absolute atomic E-state index is 10.8. The zero-order valence-electron chi connectivity index (χ0n) is 13.2. The van der Waals surface area contributed by atoms with Crippen molar-refractivity contribution in [1.82, 2.24) is 4.90 Å². The lowest BCUT2D eigenvalue weighted by molar-refractivity contribution is -0.131. The molecule has 0 aliphatic carbocycles. The van der Waals surface area contributed by atoms with Crippen LogP contribution in [0.15, 0.2) is 24.3 Å². The molecule has 1 aromatic rings. The fourth-order valence-corrected chi connectivity index (χ4v) is 3.39. The highest BCUT2D eigenvalue weighted by molar-refractivity contribution is 5.75. The Labute approximate surface area is 140 Å². The molecule has 3 aliphatic rings. The van der Waals surface area contributed by atoms with Crippen LogP contribution >= 0.6 is 0 Å². The van der Waals surface area contributed by atoms with E-state index in [1.54, 1.807) is 7.11 Å². The topological polar surface area (TPSA) is 51.2 Å². The normalized spacial score (nSPS) is 29.0. The number of piperidine rings is 3. The van der Waals surface area contributed by atoms with Gasteiger partial charge in [-0.15, -0.1) is 0 Å². The number of hydrogen-bond donors (Lipinski definition) is 1. The van der Waals surface area contributed by atoms with Crippen molar-refractivity contribution in [2.24, 2.45) is 5.92 Å². The average molecular weight is 321 g/mol. The van der Waals surface area contributed by atoms with Crippen molar-refractivity contribution in [2.75, 3.05) is 46.6 Å². The Morgan fingerprint density at radius 3 is 2.22 bits per heavy atom. The zero-order chi connectivity index (χ0) is 15.4. The second-order valence-electron chi connectivity index (χ2n) is 6.26. The lowest BCUT2D eigenvalue weighted by Crippen LogP contribution is -2.61. The van der Waals surface area contributed by atoms with E-state index >= 15 is 0 Å². The zero-order valence-corrected chi connectivity index (χ0v) is 13.2. The summed E-state index contributed by atoms with van der Waals surface area (Å²) in [6.07, 6.45) is 2.15. The molecule has 3 aliphatic heterocycles. The Morgan fingerprint density at radius 2 is 1.70 bits per heavy atom. The minimum atomic E-state index is -0.704. The molecule has 0 spiro atoms. The molecule has 0 amide bonds.